The van der Waals surface area contributed by atoms with Crippen molar-refractivity contribution in [3.8, 4) is 0 Å². The number of thiol groups is 2. The van der Waals surface area contributed by atoms with E-state index in [0.29, 0.717) is 18.4 Å². The van der Waals surface area contributed by atoms with Gasteiger partial charge in [0.1, 0.15) is 5.69 Å². The number of halogens is 1. The lowest BCUT2D eigenvalue weighted by Crippen LogP contribution is -2.52. The Hall–Kier alpha value is -0.620. The molecule has 0 aromatic carbocycles. The van der Waals surface area contributed by atoms with E-state index >= 15 is 0 Å². The Balaban J connectivity index is 0.000000428. The van der Waals surface area contributed by atoms with E-state index in [1.165, 1.54) is 24.1 Å². The van der Waals surface area contributed by atoms with Crippen molar-refractivity contribution in [3.63, 3.8) is 0 Å². The first-order valence-corrected chi connectivity index (χ1v) is 17.6. The van der Waals surface area contributed by atoms with Crippen LogP contribution in [0.25, 0.3) is 11.8 Å². The Labute approximate surface area is 234 Å². The highest BCUT2D eigenvalue weighted by Gasteiger charge is 2.33. The Bertz CT molecular complexity index is 1010. The summed E-state index contributed by atoms with van der Waals surface area (Å²) < 4.78 is 9.58. The van der Waals surface area contributed by atoms with Crippen molar-refractivity contribution in [1.82, 2.24) is 24.6 Å². The van der Waals surface area contributed by atoms with Crippen LogP contribution in [0.3, 0.4) is 0 Å². The van der Waals surface area contributed by atoms with Crippen LogP contribution in [0.1, 0.15) is 57.5 Å². The number of hydrogen-bond acceptors (Lipinski definition) is 8. The maximum Gasteiger partial charge on any atom is 0.156 e. The minimum absolute atomic E-state index is 0.310. The van der Waals surface area contributed by atoms with Crippen LogP contribution < -0.4 is 15.5 Å². The lowest BCUT2D eigenvalue weighted by Gasteiger charge is -2.39. The summed E-state index contributed by atoms with van der Waals surface area (Å²) in [6, 6.07) is 0. The molecule has 1 saturated heterocycles. The molecule has 196 valence electrons. The summed E-state index contributed by atoms with van der Waals surface area (Å²) in [4.78, 5) is 2.31. The molecule has 1 unspecified atom stereocenters. The van der Waals surface area contributed by atoms with Gasteiger partial charge in [-0.15, -0.1) is 23.3 Å². The zero-order valence-electron chi connectivity index (χ0n) is 21.5. The maximum atomic E-state index is 5.45. The van der Waals surface area contributed by atoms with Crippen molar-refractivity contribution in [1.29, 1.82) is 0 Å². The zero-order valence-corrected chi connectivity index (χ0v) is 26.4. The number of methoxy groups -OCH3 is 1. The van der Waals surface area contributed by atoms with Gasteiger partial charge in [-0.25, -0.2) is 4.45 Å². The quantitative estimate of drug-likeness (QED) is 0.136. The number of aromatic nitrogens is 4. The lowest BCUT2D eigenvalue weighted by atomic mass is 10.1. The number of ether oxygens (including phenoxy) is 1. The summed E-state index contributed by atoms with van der Waals surface area (Å²) in [5.41, 5.74) is 6.24. The molecule has 0 bridgehead atoms. The summed E-state index contributed by atoms with van der Waals surface area (Å²) in [6.45, 7) is 12.5. The largest absolute Gasteiger partial charge is 0.385 e. The standard InChI is InChI=1S/C18H27IN7OP.C5H10.H2S2/c1-11(2)7-25-16-5-14(17-15(20-3)10-26(22-17)28-19)21-6-13(16)18(23-25)24-8-12(9-24)27-4;1-5(2)3-4-5;1-2/h5,10-12,20-21,28H,6-9H2,1-4H3;3-4H2,1-2H3;1-2H. The molecule has 0 amide bonds. The molecule has 12 heteroatoms. The number of rotatable bonds is 7. The molecule has 5 rings (SSSR count). The van der Waals surface area contributed by atoms with Crippen LogP contribution in [0.15, 0.2) is 6.20 Å². The summed E-state index contributed by atoms with van der Waals surface area (Å²) >= 11 is 8.79. The molecule has 1 saturated carbocycles. The average molecular weight is 652 g/mol. The molecule has 2 N–H and O–H groups in total. The van der Waals surface area contributed by atoms with Gasteiger partial charge in [0.2, 0.25) is 0 Å². The highest BCUT2D eigenvalue weighted by atomic mass is 127. The van der Waals surface area contributed by atoms with Crippen molar-refractivity contribution in [3.05, 3.63) is 23.1 Å². The third-order valence-corrected chi connectivity index (χ3v) is 8.29. The number of anilines is 2. The maximum absolute atomic E-state index is 5.45. The van der Waals surface area contributed by atoms with Crippen LogP contribution in [-0.2, 0) is 17.8 Å². The van der Waals surface area contributed by atoms with Crippen LogP contribution in [-0.4, -0.2) is 52.7 Å². The zero-order chi connectivity index (χ0) is 25.8. The molecule has 2 aromatic heterocycles. The second kappa shape index (κ2) is 12.8. The van der Waals surface area contributed by atoms with Gasteiger partial charge in [-0.2, -0.15) is 10.2 Å². The predicted octanol–water partition coefficient (Wildman–Crippen LogP) is 5.57. The summed E-state index contributed by atoms with van der Waals surface area (Å²) in [5, 5.41) is 16.6. The van der Waals surface area contributed by atoms with Crippen LogP contribution in [0.5, 0.6) is 0 Å². The Morgan fingerprint density at radius 3 is 2.46 bits per heavy atom. The number of nitrogens with one attached hydrogen (secondary N) is 2. The molecule has 3 aliphatic rings. The second-order valence-electron chi connectivity index (χ2n) is 10.3. The fraction of sp³-hybridized carbons (Fsp3) is 0.652. The normalized spacial score (nSPS) is 18.1. The van der Waals surface area contributed by atoms with Crippen molar-refractivity contribution < 1.29 is 4.74 Å². The van der Waals surface area contributed by atoms with Crippen molar-refractivity contribution in [2.24, 2.45) is 11.3 Å². The fourth-order valence-electron chi connectivity index (χ4n) is 3.90. The molecule has 2 fully saturated rings. The monoisotopic (exact) mass is 651 g/mol. The SMILES string of the molecule is CC1(C)CC1.CNc1cn(PI)nc1C1=Cc2c(c(N3CC(OC)C3)nn2CC(C)C)CN1.SS. The van der Waals surface area contributed by atoms with Gasteiger partial charge in [-0.05, 0) is 52.3 Å². The summed E-state index contributed by atoms with van der Waals surface area (Å²) in [7, 11) is 3.72. The second-order valence-corrected chi connectivity index (χ2v) is 12.3. The third kappa shape index (κ3) is 7.24. The fourth-order valence-corrected chi connectivity index (χ4v) is 4.96. The van der Waals surface area contributed by atoms with Gasteiger partial charge in [0.05, 0.1) is 35.8 Å². The predicted molar refractivity (Wildman–Crippen MR) is 165 cm³/mol. The molecule has 8 nitrogen and oxygen atoms in total. The van der Waals surface area contributed by atoms with Crippen LogP contribution in [0.2, 0.25) is 0 Å². The minimum atomic E-state index is 0.310. The van der Waals surface area contributed by atoms with E-state index in [4.69, 9.17) is 14.9 Å². The minimum Gasteiger partial charge on any atom is -0.385 e. The highest BCUT2D eigenvalue weighted by molar-refractivity contribution is 14.2. The van der Waals surface area contributed by atoms with Gasteiger partial charge in [0.15, 0.2) is 5.82 Å². The first kappa shape index (κ1) is 28.9. The Kier molecular flexibility index (Phi) is 10.5. The first-order chi connectivity index (χ1) is 16.7. The van der Waals surface area contributed by atoms with Crippen molar-refractivity contribution in [2.45, 2.75) is 59.7 Å². The van der Waals surface area contributed by atoms with E-state index in [2.05, 4.69) is 106 Å². The lowest BCUT2D eigenvalue weighted by molar-refractivity contribution is 0.0781. The van der Waals surface area contributed by atoms with Crippen LogP contribution >= 0.6 is 51.7 Å². The molecule has 2 aromatic rings. The van der Waals surface area contributed by atoms with Crippen LogP contribution in [0, 0.1) is 11.3 Å². The van der Waals surface area contributed by atoms with E-state index in [9.17, 15) is 0 Å². The molecule has 2 aliphatic heterocycles. The number of fused-ring (bicyclic) bond motifs is 1. The van der Waals surface area contributed by atoms with Gasteiger partial charge < -0.3 is 20.3 Å². The van der Waals surface area contributed by atoms with E-state index in [-0.39, 0.29) is 0 Å². The summed E-state index contributed by atoms with van der Waals surface area (Å²) in [5.74, 6) is 1.61. The molecule has 1 aliphatic carbocycles. The van der Waals surface area contributed by atoms with Gasteiger partial charge in [0, 0.05) is 45.9 Å². The van der Waals surface area contributed by atoms with Crippen molar-refractivity contribution >= 4 is 75.0 Å². The molecule has 0 radical (unpaired) electrons. The molecular formula is C23H39IN7OPS2. The van der Waals surface area contributed by atoms with E-state index in [1.54, 1.807) is 7.11 Å². The first-order valence-electron chi connectivity index (χ1n) is 11.9. The van der Waals surface area contributed by atoms with Gasteiger partial charge in [-0.3, -0.25) is 4.68 Å². The summed E-state index contributed by atoms with van der Waals surface area (Å²) in [6.07, 6.45) is 8.04. The number of nitrogens with zero attached hydrogens (tertiary/aromatic N) is 5. The van der Waals surface area contributed by atoms with E-state index in [0.717, 1.165) is 54.5 Å². The number of hydrogen-bond donors (Lipinski definition) is 4. The van der Waals surface area contributed by atoms with E-state index in [1.807, 2.05) is 11.5 Å². The highest BCUT2D eigenvalue weighted by Crippen LogP contribution is 2.43. The Morgan fingerprint density at radius 2 is 1.94 bits per heavy atom. The topological polar surface area (TPSA) is 72.2 Å². The van der Waals surface area contributed by atoms with Gasteiger partial charge >= 0.3 is 0 Å². The van der Waals surface area contributed by atoms with E-state index < -0.39 is 0 Å². The van der Waals surface area contributed by atoms with Crippen molar-refractivity contribution in [2.75, 3.05) is 37.5 Å². The van der Waals surface area contributed by atoms with Gasteiger partial charge in [-0.1, -0.05) is 27.7 Å². The third-order valence-electron chi connectivity index (χ3n) is 6.40. The molecule has 35 heavy (non-hydrogen) atoms. The molecule has 4 heterocycles. The van der Waals surface area contributed by atoms with Gasteiger partial charge in [0.25, 0.3) is 0 Å². The molecular weight excluding hydrogens is 612 g/mol. The molecule has 1 atom stereocenters. The average Bonchev–Trinajstić information content (AvgIpc) is 3.22. The molecule has 0 spiro atoms. The Morgan fingerprint density at radius 1 is 1.29 bits per heavy atom. The van der Waals surface area contributed by atoms with Crippen LogP contribution in [0.4, 0.5) is 11.5 Å². The smallest absolute Gasteiger partial charge is 0.156 e.